The number of nitrogens with zero attached hydrogens (tertiary/aromatic N) is 6. The summed E-state index contributed by atoms with van der Waals surface area (Å²) in [6.07, 6.45) is 6.06. The van der Waals surface area contributed by atoms with Gasteiger partial charge in [0, 0.05) is 56.7 Å². The highest BCUT2D eigenvalue weighted by atomic mass is 32.2. The first kappa shape index (κ1) is 19.4. The van der Waals surface area contributed by atoms with Gasteiger partial charge in [0.1, 0.15) is 0 Å². The van der Waals surface area contributed by atoms with E-state index in [2.05, 4.69) is 25.0 Å². The first-order valence-corrected chi connectivity index (χ1v) is 10.7. The molecule has 3 aromatic heterocycles. The fourth-order valence-electron chi connectivity index (χ4n) is 3.23. The molecule has 1 N–H and O–H groups in total. The molecule has 0 saturated carbocycles. The topological polar surface area (TPSA) is 117 Å². The van der Waals surface area contributed by atoms with Crippen LogP contribution < -0.4 is 5.56 Å². The Labute approximate surface area is 167 Å². The number of H-pyrrole nitrogens is 1. The Morgan fingerprint density at radius 1 is 1.00 bits per heavy atom. The molecule has 0 aromatic carbocycles. The van der Waals surface area contributed by atoms with Crippen LogP contribution in [-0.4, -0.2) is 75.1 Å². The van der Waals surface area contributed by atoms with Gasteiger partial charge in [-0.1, -0.05) is 0 Å². The lowest BCUT2D eigenvalue weighted by Gasteiger charge is -2.33. The molecule has 0 radical (unpaired) electrons. The normalized spacial score (nSPS) is 16.1. The summed E-state index contributed by atoms with van der Waals surface area (Å²) < 4.78 is 27.9. The smallest absolute Gasteiger partial charge is 0.266 e. The SMILES string of the molecule is O=c1ccc(-c2cccnc2)nn1CCN1CCN(S(=O)(=O)c2cnc[nH]2)CC1. The van der Waals surface area contributed by atoms with E-state index in [1.807, 2.05) is 12.1 Å². The maximum Gasteiger partial charge on any atom is 0.266 e. The number of imidazole rings is 1. The van der Waals surface area contributed by atoms with Gasteiger partial charge in [0.05, 0.1) is 24.8 Å². The first-order valence-electron chi connectivity index (χ1n) is 9.23. The van der Waals surface area contributed by atoms with Gasteiger partial charge in [-0.2, -0.15) is 9.40 Å². The molecule has 1 aliphatic heterocycles. The highest BCUT2D eigenvalue weighted by molar-refractivity contribution is 7.89. The molecule has 0 unspecified atom stereocenters. The molecule has 0 aliphatic carbocycles. The summed E-state index contributed by atoms with van der Waals surface area (Å²) in [6, 6.07) is 6.91. The minimum Gasteiger partial charge on any atom is -0.335 e. The van der Waals surface area contributed by atoms with Crippen molar-refractivity contribution in [3.8, 4) is 11.3 Å². The molecule has 10 nitrogen and oxygen atoms in total. The molecule has 0 bridgehead atoms. The molecule has 4 rings (SSSR count). The van der Waals surface area contributed by atoms with Gasteiger partial charge >= 0.3 is 0 Å². The second-order valence-corrected chi connectivity index (χ2v) is 8.59. The molecule has 11 heteroatoms. The lowest BCUT2D eigenvalue weighted by molar-refractivity contribution is 0.180. The van der Waals surface area contributed by atoms with Crippen LogP contribution >= 0.6 is 0 Å². The second kappa shape index (κ2) is 8.23. The largest absolute Gasteiger partial charge is 0.335 e. The summed E-state index contributed by atoms with van der Waals surface area (Å²) in [5.74, 6) is 0. The van der Waals surface area contributed by atoms with Gasteiger partial charge in [-0.05, 0) is 18.2 Å². The van der Waals surface area contributed by atoms with Gasteiger partial charge in [-0.15, -0.1) is 0 Å². The van der Waals surface area contributed by atoms with Crippen molar-refractivity contribution in [1.29, 1.82) is 0 Å². The molecular formula is C18H21N7O3S. The minimum atomic E-state index is -3.54. The molecule has 0 spiro atoms. The highest BCUT2D eigenvalue weighted by Gasteiger charge is 2.29. The van der Waals surface area contributed by atoms with E-state index in [1.165, 1.54) is 27.6 Å². The van der Waals surface area contributed by atoms with Crippen LogP contribution in [0.15, 0.2) is 59.0 Å². The van der Waals surface area contributed by atoms with Crippen LogP contribution in [0.5, 0.6) is 0 Å². The van der Waals surface area contributed by atoms with E-state index >= 15 is 0 Å². The predicted molar refractivity (Wildman–Crippen MR) is 106 cm³/mol. The molecule has 1 saturated heterocycles. The van der Waals surface area contributed by atoms with Crippen molar-refractivity contribution in [2.75, 3.05) is 32.7 Å². The van der Waals surface area contributed by atoms with Crippen LogP contribution in [0.1, 0.15) is 0 Å². The van der Waals surface area contributed by atoms with E-state index in [0.29, 0.717) is 45.0 Å². The van der Waals surface area contributed by atoms with Gasteiger partial charge in [0.2, 0.25) is 0 Å². The van der Waals surface area contributed by atoms with Gasteiger partial charge < -0.3 is 4.98 Å². The molecule has 152 valence electrons. The lowest BCUT2D eigenvalue weighted by atomic mass is 10.2. The fraction of sp³-hybridized carbons (Fsp3) is 0.333. The molecule has 1 fully saturated rings. The van der Waals surface area contributed by atoms with Gasteiger partial charge in [0.25, 0.3) is 15.6 Å². The third-order valence-electron chi connectivity index (χ3n) is 4.87. The van der Waals surface area contributed by atoms with Gasteiger partial charge in [-0.25, -0.2) is 18.1 Å². The van der Waals surface area contributed by atoms with E-state index in [0.717, 1.165) is 5.56 Å². The number of hydrogen-bond acceptors (Lipinski definition) is 7. The van der Waals surface area contributed by atoms with Crippen molar-refractivity contribution in [3.05, 3.63) is 59.5 Å². The predicted octanol–water partition coefficient (Wildman–Crippen LogP) is 0.0349. The maximum atomic E-state index is 12.5. The molecule has 1 aliphatic rings. The number of rotatable bonds is 6. The van der Waals surface area contributed by atoms with E-state index in [4.69, 9.17) is 0 Å². The standard InChI is InChI=1S/C18H21N7O3S/c26-18-4-3-16(15-2-1-5-19-12-15)22-25(18)11-8-23-6-9-24(10-7-23)29(27,28)17-13-20-14-21-17/h1-5,12-14H,6-11H2,(H,20,21). The van der Waals surface area contributed by atoms with Crippen LogP contribution in [0.2, 0.25) is 0 Å². The quantitative estimate of drug-likeness (QED) is 0.604. The van der Waals surface area contributed by atoms with Crippen molar-refractivity contribution in [2.24, 2.45) is 0 Å². The number of sulfonamides is 1. The van der Waals surface area contributed by atoms with Crippen LogP contribution in [0.25, 0.3) is 11.3 Å². The fourth-order valence-corrected chi connectivity index (χ4v) is 4.55. The molecule has 0 amide bonds. The zero-order chi connectivity index (χ0) is 20.3. The van der Waals surface area contributed by atoms with Crippen molar-refractivity contribution < 1.29 is 8.42 Å². The summed E-state index contributed by atoms with van der Waals surface area (Å²) in [7, 11) is -3.54. The van der Waals surface area contributed by atoms with E-state index in [9.17, 15) is 13.2 Å². The zero-order valence-electron chi connectivity index (χ0n) is 15.7. The van der Waals surface area contributed by atoms with Gasteiger partial charge in [0.15, 0.2) is 5.03 Å². The summed E-state index contributed by atoms with van der Waals surface area (Å²) in [6.45, 7) is 3.00. The Morgan fingerprint density at radius 3 is 2.52 bits per heavy atom. The maximum absolute atomic E-state index is 12.5. The zero-order valence-corrected chi connectivity index (χ0v) is 16.5. The summed E-state index contributed by atoms with van der Waals surface area (Å²) in [5, 5.41) is 4.54. The lowest BCUT2D eigenvalue weighted by Crippen LogP contribution is -2.49. The molecule has 4 heterocycles. The molecule has 3 aromatic rings. The van der Waals surface area contributed by atoms with E-state index in [-0.39, 0.29) is 10.6 Å². The Morgan fingerprint density at radius 2 is 1.83 bits per heavy atom. The second-order valence-electron chi connectivity index (χ2n) is 6.68. The number of nitrogens with one attached hydrogen (secondary N) is 1. The van der Waals surface area contributed by atoms with Gasteiger partial charge in [-0.3, -0.25) is 14.7 Å². The Bertz CT molecular complexity index is 1110. The van der Waals surface area contributed by atoms with Crippen LogP contribution in [0.4, 0.5) is 0 Å². The van der Waals surface area contributed by atoms with Crippen LogP contribution in [0.3, 0.4) is 0 Å². The molecular weight excluding hydrogens is 394 g/mol. The number of hydrogen-bond donors (Lipinski definition) is 1. The monoisotopic (exact) mass is 415 g/mol. The number of piperazine rings is 1. The van der Waals surface area contributed by atoms with Crippen molar-refractivity contribution >= 4 is 10.0 Å². The number of pyridine rings is 1. The Hall–Kier alpha value is -2.89. The van der Waals surface area contributed by atoms with Crippen molar-refractivity contribution in [1.82, 2.24) is 33.9 Å². The minimum absolute atomic E-state index is 0.105. The third kappa shape index (κ3) is 4.26. The van der Waals surface area contributed by atoms with Crippen molar-refractivity contribution in [2.45, 2.75) is 11.6 Å². The average Bonchev–Trinajstić information content (AvgIpc) is 3.30. The molecule has 0 atom stereocenters. The Kier molecular flexibility index (Phi) is 5.51. The average molecular weight is 415 g/mol. The van der Waals surface area contributed by atoms with Crippen LogP contribution in [0, 0.1) is 0 Å². The summed E-state index contributed by atoms with van der Waals surface area (Å²) >= 11 is 0. The first-order chi connectivity index (χ1) is 14.0. The third-order valence-corrected chi connectivity index (χ3v) is 6.70. The highest BCUT2D eigenvalue weighted by Crippen LogP contribution is 2.15. The van der Waals surface area contributed by atoms with E-state index < -0.39 is 10.0 Å². The number of aromatic amines is 1. The molecule has 29 heavy (non-hydrogen) atoms. The van der Waals surface area contributed by atoms with E-state index in [1.54, 1.807) is 18.5 Å². The number of aromatic nitrogens is 5. The summed E-state index contributed by atoms with van der Waals surface area (Å²) in [4.78, 5) is 24.8. The summed E-state index contributed by atoms with van der Waals surface area (Å²) in [5.41, 5.74) is 1.37. The van der Waals surface area contributed by atoms with Crippen LogP contribution in [-0.2, 0) is 16.6 Å². The van der Waals surface area contributed by atoms with Crippen molar-refractivity contribution in [3.63, 3.8) is 0 Å². The Balaban J connectivity index is 1.37.